The lowest BCUT2D eigenvalue weighted by Gasteiger charge is -2.06. The minimum atomic E-state index is -0.262. The molecule has 106 valence electrons. The van der Waals surface area contributed by atoms with Gasteiger partial charge in [0.05, 0.1) is 6.54 Å². The van der Waals surface area contributed by atoms with Crippen molar-refractivity contribution < 1.29 is 4.79 Å². The van der Waals surface area contributed by atoms with E-state index in [0.29, 0.717) is 18.1 Å². The Hall–Kier alpha value is -2.44. The first-order valence-corrected chi connectivity index (χ1v) is 6.52. The van der Waals surface area contributed by atoms with Crippen LogP contribution in [0.5, 0.6) is 0 Å². The first-order chi connectivity index (χ1) is 9.70. The Labute approximate surface area is 117 Å². The molecule has 0 bridgehead atoms. The smallest absolute Gasteiger partial charge is 0.272 e. The number of aromatic nitrogens is 4. The van der Waals surface area contributed by atoms with Gasteiger partial charge in [0, 0.05) is 26.0 Å². The van der Waals surface area contributed by atoms with Gasteiger partial charge in [0.1, 0.15) is 11.6 Å². The van der Waals surface area contributed by atoms with Gasteiger partial charge in [0.25, 0.3) is 5.91 Å². The first-order valence-electron chi connectivity index (χ1n) is 6.52. The zero-order chi connectivity index (χ0) is 14.4. The summed E-state index contributed by atoms with van der Waals surface area (Å²) in [5.74, 6) is 1.20. The average molecular weight is 274 g/mol. The van der Waals surface area contributed by atoms with Gasteiger partial charge in [-0.05, 0) is 18.6 Å². The van der Waals surface area contributed by atoms with E-state index in [1.807, 2.05) is 17.8 Å². The van der Waals surface area contributed by atoms with Crippen molar-refractivity contribution >= 4 is 11.7 Å². The molecule has 2 aromatic rings. The zero-order valence-electron chi connectivity index (χ0n) is 11.6. The number of nitrogens with zero attached hydrogens (tertiary/aromatic N) is 4. The molecule has 2 rings (SSSR count). The molecular formula is C13H18N6O. The monoisotopic (exact) mass is 274 g/mol. The third-order valence-electron chi connectivity index (χ3n) is 2.78. The van der Waals surface area contributed by atoms with Crippen molar-refractivity contribution in [1.29, 1.82) is 0 Å². The molecule has 7 nitrogen and oxygen atoms in total. The molecule has 7 heteroatoms. The topological polar surface area (TPSA) is 84.7 Å². The molecule has 2 heterocycles. The Balaban J connectivity index is 1.90. The summed E-state index contributed by atoms with van der Waals surface area (Å²) in [6, 6.07) is 3.40. The fourth-order valence-electron chi connectivity index (χ4n) is 1.62. The lowest BCUT2D eigenvalue weighted by atomic mass is 10.3. The van der Waals surface area contributed by atoms with E-state index in [1.165, 1.54) is 0 Å². The Bertz CT molecular complexity index is 562. The summed E-state index contributed by atoms with van der Waals surface area (Å²) >= 11 is 0. The van der Waals surface area contributed by atoms with Gasteiger partial charge in [-0.15, -0.1) is 10.2 Å². The predicted molar refractivity (Wildman–Crippen MR) is 75.2 cm³/mol. The summed E-state index contributed by atoms with van der Waals surface area (Å²) in [5, 5.41) is 13.7. The molecule has 0 aliphatic rings. The number of amides is 1. The van der Waals surface area contributed by atoms with Crippen LogP contribution in [-0.4, -0.2) is 32.2 Å². The molecule has 0 saturated heterocycles. The molecule has 20 heavy (non-hydrogen) atoms. The van der Waals surface area contributed by atoms with E-state index in [0.717, 1.165) is 18.8 Å². The number of hydrogen-bond donors (Lipinski definition) is 2. The fraction of sp³-hybridized carbons (Fsp3) is 0.385. The van der Waals surface area contributed by atoms with Crippen molar-refractivity contribution in [1.82, 2.24) is 25.1 Å². The molecular weight excluding hydrogens is 256 g/mol. The third kappa shape index (κ3) is 3.53. The van der Waals surface area contributed by atoms with Gasteiger partial charge >= 0.3 is 0 Å². The van der Waals surface area contributed by atoms with Gasteiger partial charge in [-0.25, -0.2) is 4.98 Å². The minimum absolute atomic E-state index is 0.262. The predicted octanol–water partition coefficient (Wildman–Crippen LogP) is 0.962. The van der Waals surface area contributed by atoms with Gasteiger partial charge < -0.3 is 15.2 Å². The SMILES string of the molecule is CCCNc1ccc(C(=O)NCc2nccn2C)nn1. The van der Waals surface area contributed by atoms with Crippen LogP contribution in [-0.2, 0) is 13.6 Å². The van der Waals surface area contributed by atoms with E-state index in [-0.39, 0.29) is 5.91 Å². The Morgan fingerprint density at radius 3 is 2.80 bits per heavy atom. The van der Waals surface area contributed by atoms with Crippen LogP contribution in [0.1, 0.15) is 29.7 Å². The van der Waals surface area contributed by atoms with Crippen LogP contribution in [0.15, 0.2) is 24.5 Å². The molecule has 1 amide bonds. The molecule has 0 spiro atoms. The van der Waals surface area contributed by atoms with Crippen LogP contribution in [0.25, 0.3) is 0 Å². The number of nitrogens with one attached hydrogen (secondary N) is 2. The highest BCUT2D eigenvalue weighted by atomic mass is 16.1. The average Bonchev–Trinajstić information content (AvgIpc) is 2.88. The Morgan fingerprint density at radius 1 is 1.35 bits per heavy atom. The summed E-state index contributed by atoms with van der Waals surface area (Å²) in [6.07, 6.45) is 4.53. The lowest BCUT2D eigenvalue weighted by Crippen LogP contribution is -2.25. The van der Waals surface area contributed by atoms with Crippen LogP contribution >= 0.6 is 0 Å². The number of imidazole rings is 1. The summed E-state index contributed by atoms with van der Waals surface area (Å²) in [7, 11) is 1.88. The largest absolute Gasteiger partial charge is 0.369 e. The highest BCUT2D eigenvalue weighted by Gasteiger charge is 2.09. The summed E-state index contributed by atoms with van der Waals surface area (Å²) in [4.78, 5) is 16.0. The van der Waals surface area contributed by atoms with Gasteiger partial charge in [0.15, 0.2) is 5.69 Å². The number of aryl methyl sites for hydroxylation is 1. The van der Waals surface area contributed by atoms with Gasteiger partial charge in [-0.3, -0.25) is 4.79 Å². The molecule has 0 aliphatic carbocycles. The maximum absolute atomic E-state index is 11.9. The molecule has 0 radical (unpaired) electrons. The van der Waals surface area contributed by atoms with Gasteiger partial charge in [0.2, 0.25) is 0 Å². The molecule has 2 N–H and O–H groups in total. The molecule has 0 fully saturated rings. The molecule has 2 aromatic heterocycles. The van der Waals surface area contributed by atoms with E-state index >= 15 is 0 Å². The number of anilines is 1. The van der Waals surface area contributed by atoms with Crippen LogP contribution in [0, 0.1) is 0 Å². The quantitative estimate of drug-likeness (QED) is 0.819. The highest BCUT2D eigenvalue weighted by Crippen LogP contribution is 2.02. The minimum Gasteiger partial charge on any atom is -0.369 e. The highest BCUT2D eigenvalue weighted by molar-refractivity contribution is 5.92. The van der Waals surface area contributed by atoms with E-state index < -0.39 is 0 Å². The normalized spacial score (nSPS) is 10.3. The molecule has 0 aliphatic heterocycles. The Morgan fingerprint density at radius 2 is 2.20 bits per heavy atom. The van der Waals surface area contributed by atoms with E-state index in [4.69, 9.17) is 0 Å². The second-order valence-electron chi connectivity index (χ2n) is 4.37. The molecule has 0 aromatic carbocycles. The van der Waals surface area contributed by atoms with Gasteiger partial charge in [-0.1, -0.05) is 6.92 Å². The van der Waals surface area contributed by atoms with Crippen LogP contribution in [0.2, 0.25) is 0 Å². The molecule has 0 atom stereocenters. The van der Waals surface area contributed by atoms with Crippen molar-refractivity contribution in [2.24, 2.45) is 7.05 Å². The number of rotatable bonds is 6. The lowest BCUT2D eigenvalue weighted by molar-refractivity contribution is 0.0943. The summed E-state index contributed by atoms with van der Waals surface area (Å²) in [5.41, 5.74) is 0.293. The van der Waals surface area contributed by atoms with Gasteiger partial charge in [-0.2, -0.15) is 0 Å². The maximum Gasteiger partial charge on any atom is 0.272 e. The van der Waals surface area contributed by atoms with Crippen LogP contribution < -0.4 is 10.6 Å². The van der Waals surface area contributed by atoms with Crippen molar-refractivity contribution in [3.05, 3.63) is 36.0 Å². The van der Waals surface area contributed by atoms with Crippen LogP contribution in [0.3, 0.4) is 0 Å². The second kappa shape index (κ2) is 6.65. The maximum atomic E-state index is 11.9. The van der Waals surface area contributed by atoms with E-state index in [2.05, 4.69) is 32.7 Å². The molecule has 0 unspecified atom stereocenters. The summed E-state index contributed by atoms with van der Waals surface area (Å²) < 4.78 is 1.85. The fourth-order valence-corrected chi connectivity index (χ4v) is 1.62. The van der Waals surface area contributed by atoms with E-state index in [1.54, 1.807) is 18.3 Å². The van der Waals surface area contributed by atoms with E-state index in [9.17, 15) is 4.79 Å². The second-order valence-corrected chi connectivity index (χ2v) is 4.37. The van der Waals surface area contributed by atoms with Crippen molar-refractivity contribution in [2.45, 2.75) is 19.9 Å². The number of hydrogen-bond acceptors (Lipinski definition) is 5. The third-order valence-corrected chi connectivity index (χ3v) is 2.78. The molecule has 0 saturated carbocycles. The number of carbonyl (C=O) groups is 1. The summed E-state index contributed by atoms with van der Waals surface area (Å²) in [6.45, 7) is 3.26. The first kappa shape index (κ1) is 14.0. The zero-order valence-corrected chi connectivity index (χ0v) is 11.6. The van der Waals surface area contributed by atoms with Crippen LogP contribution in [0.4, 0.5) is 5.82 Å². The Kier molecular flexibility index (Phi) is 4.65. The number of carbonyl (C=O) groups excluding carboxylic acids is 1. The van der Waals surface area contributed by atoms with Crippen molar-refractivity contribution in [3.63, 3.8) is 0 Å². The van der Waals surface area contributed by atoms with Crippen molar-refractivity contribution in [2.75, 3.05) is 11.9 Å². The van der Waals surface area contributed by atoms with Crippen molar-refractivity contribution in [3.8, 4) is 0 Å². The standard InChI is InChI=1S/C13H18N6O/c1-3-6-14-11-5-4-10(17-18-11)13(20)16-9-12-15-7-8-19(12)2/h4-5,7-8H,3,6,9H2,1-2H3,(H,14,18)(H,16,20).